The lowest BCUT2D eigenvalue weighted by molar-refractivity contribution is 0.309. The molecule has 0 atom stereocenters. The van der Waals surface area contributed by atoms with E-state index in [1.807, 2.05) is 0 Å². The van der Waals surface area contributed by atoms with E-state index in [1.165, 1.54) is 16.7 Å². The molecule has 0 saturated carbocycles. The van der Waals surface area contributed by atoms with Gasteiger partial charge in [0.15, 0.2) is 0 Å². The smallest absolute Gasteiger partial charge is 0.315 e. The van der Waals surface area contributed by atoms with Gasteiger partial charge >= 0.3 is 6.01 Å². The number of aromatic nitrogens is 3. The highest BCUT2D eigenvalue weighted by Gasteiger charge is 2.29. The number of nitrogens with zero attached hydrogens (tertiary/aromatic N) is 3. The number of rotatable bonds is 6. The normalized spacial score (nSPS) is 12.8. The van der Waals surface area contributed by atoms with Gasteiger partial charge in [-0.05, 0) is 25.0 Å². The van der Waals surface area contributed by atoms with Gasteiger partial charge in [0.05, 0.1) is 23.5 Å². The Morgan fingerprint density at radius 3 is 2.90 bits per heavy atom. The lowest BCUT2D eigenvalue weighted by atomic mass is 9.96. The molecule has 0 amide bonds. The van der Waals surface area contributed by atoms with Crippen LogP contribution in [-0.4, -0.2) is 40.9 Å². The summed E-state index contributed by atoms with van der Waals surface area (Å²) in [6, 6.07) is 3.92. The van der Waals surface area contributed by atoms with Gasteiger partial charge in [0.1, 0.15) is 13.7 Å². The minimum atomic E-state index is -1.08. The van der Waals surface area contributed by atoms with Crippen molar-refractivity contribution in [3.8, 4) is 11.5 Å². The second-order valence-corrected chi connectivity index (χ2v) is 6.50. The molecule has 0 unspecified atom stereocenters. The molecule has 0 fully saturated rings. The van der Waals surface area contributed by atoms with Gasteiger partial charge in [-0.15, -0.1) is 5.10 Å². The molecule has 2 aromatic heterocycles. The molecule has 3 N–H and O–H groups in total. The predicted octanol–water partition coefficient (Wildman–Crippen LogP) is 1.06. The molecule has 11 heteroatoms. The van der Waals surface area contributed by atoms with Crippen LogP contribution >= 0.6 is 0 Å². The van der Waals surface area contributed by atoms with E-state index in [0.717, 1.165) is 6.07 Å². The maximum Gasteiger partial charge on any atom is 0.315 e. The highest BCUT2D eigenvalue weighted by Crippen LogP contribution is 2.37. The molecule has 2 radical (unpaired) electrons. The lowest BCUT2D eigenvalue weighted by Crippen LogP contribution is -2.25. The van der Waals surface area contributed by atoms with Crippen molar-refractivity contribution in [3.05, 3.63) is 45.9 Å². The fourth-order valence-electron chi connectivity index (χ4n) is 3.31. The Balaban J connectivity index is 1.87. The molecule has 0 aliphatic carbocycles. The average molecular weight is 399 g/mol. The molecule has 0 bridgehead atoms. The summed E-state index contributed by atoms with van der Waals surface area (Å²) in [5.41, 5.74) is -0.187. The Bertz CT molecular complexity index is 1130. The first-order valence-electron chi connectivity index (χ1n) is 8.95. The number of hydrogen-bond acceptors (Lipinski definition) is 7. The van der Waals surface area contributed by atoms with Crippen molar-refractivity contribution in [3.63, 3.8) is 0 Å². The van der Waals surface area contributed by atoms with Gasteiger partial charge in [-0.2, -0.15) is 4.39 Å². The second-order valence-electron chi connectivity index (χ2n) is 6.50. The van der Waals surface area contributed by atoms with Crippen LogP contribution in [0.5, 0.6) is 0 Å². The summed E-state index contributed by atoms with van der Waals surface area (Å²) in [6.07, 6.45) is 1.14. The van der Waals surface area contributed by atoms with E-state index >= 15 is 4.39 Å². The fraction of sp³-hybridized carbons (Fsp3) is 0.278. The summed E-state index contributed by atoms with van der Waals surface area (Å²) in [5, 5.41) is 22.0. The van der Waals surface area contributed by atoms with Crippen molar-refractivity contribution in [1.82, 2.24) is 14.8 Å². The molecule has 148 valence electrons. The fourth-order valence-corrected chi connectivity index (χ4v) is 3.31. The number of fused-ring (bicyclic) bond motifs is 1. The molecule has 3 aromatic rings. The Labute approximate surface area is 165 Å². The van der Waals surface area contributed by atoms with E-state index in [-0.39, 0.29) is 47.5 Å². The van der Waals surface area contributed by atoms with E-state index in [2.05, 4.69) is 20.8 Å². The van der Waals surface area contributed by atoms with E-state index in [0.29, 0.717) is 25.1 Å². The van der Waals surface area contributed by atoms with Gasteiger partial charge in [0, 0.05) is 18.8 Å². The van der Waals surface area contributed by atoms with Gasteiger partial charge < -0.3 is 24.7 Å². The van der Waals surface area contributed by atoms with Gasteiger partial charge in [0.2, 0.25) is 5.82 Å². The maximum absolute atomic E-state index is 15.0. The zero-order valence-electron chi connectivity index (χ0n) is 15.2. The van der Waals surface area contributed by atoms with Gasteiger partial charge in [-0.25, -0.2) is 4.39 Å². The molecule has 4 rings (SSSR count). The second kappa shape index (κ2) is 7.67. The monoisotopic (exact) mass is 399 g/mol. The average Bonchev–Trinajstić information content (AvgIpc) is 3.36. The molecular formula is C18H16BF2N5O3. The number of benzene rings is 1. The highest BCUT2D eigenvalue weighted by atomic mass is 19.1. The number of halogens is 2. The molecule has 0 saturated heterocycles. The Morgan fingerprint density at radius 2 is 2.14 bits per heavy atom. The summed E-state index contributed by atoms with van der Waals surface area (Å²) in [5.74, 6) is -1.81. The Kier molecular flexibility index (Phi) is 5.06. The van der Waals surface area contributed by atoms with Crippen molar-refractivity contribution >= 4 is 30.7 Å². The van der Waals surface area contributed by atoms with Crippen LogP contribution in [0.3, 0.4) is 0 Å². The Hall–Kier alpha value is -3.21. The first-order chi connectivity index (χ1) is 14.0. The first-order valence-corrected chi connectivity index (χ1v) is 8.95. The zero-order valence-corrected chi connectivity index (χ0v) is 15.2. The van der Waals surface area contributed by atoms with Crippen LogP contribution in [0.2, 0.25) is 0 Å². The first kappa shape index (κ1) is 19.1. The molecular weight excluding hydrogens is 383 g/mol. The summed E-state index contributed by atoms with van der Waals surface area (Å²) in [7, 11) is 5.56. The van der Waals surface area contributed by atoms with Crippen LogP contribution in [-0.2, 0) is 13.0 Å². The standard InChI is InChI=1S/C18H16BF2N5O3/c19-9-3-4-11(10(20)8-9)23-15-13(16-24-25-18(29-16)22-5-7-27)12-2-1-6-26(12)17(28)14(15)21/h3-4,8,23,27H,1-2,5-7H2,(H,22,25). The van der Waals surface area contributed by atoms with Crippen molar-refractivity contribution in [2.75, 3.05) is 23.8 Å². The van der Waals surface area contributed by atoms with E-state index < -0.39 is 17.2 Å². The molecule has 1 aliphatic rings. The van der Waals surface area contributed by atoms with E-state index in [9.17, 15) is 9.18 Å². The summed E-state index contributed by atoms with van der Waals surface area (Å²) >= 11 is 0. The SMILES string of the molecule is [B]c1ccc(Nc2c(-c3nnc(NCCO)o3)c3n(c(=O)c2F)CCC3)c(F)c1. The summed E-state index contributed by atoms with van der Waals surface area (Å²) in [4.78, 5) is 12.5. The maximum atomic E-state index is 15.0. The molecule has 3 heterocycles. The van der Waals surface area contributed by atoms with E-state index in [4.69, 9.17) is 17.4 Å². The van der Waals surface area contributed by atoms with Crippen LogP contribution in [0.4, 0.5) is 26.2 Å². The van der Waals surface area contributed by atoms with Gasteiger partial charge in [-0.3, -0.25) is 4.79 Å². The topological polar surface area (TPSA) is 105 Å². The number of hydrogen-bond donors (Lipinski definition) is 3. The van der Waals surface area contributed by atoms with Crippen molar-refractivity contribution in [2.24, 2.45) is 0 Å². The third-order valence-electron chi connectivity index (χ3n) is 4.59. The number of anilines is 3. The number of pyridine rings is 1. The lowest BCUT2D eigenvalue weighted by Gasteiger charge is -2.16. The largest absolute Gasteiger partial charge is 0.403 e. The third kappa shape index (κ3) is 3.49. The van der Waals surface area contributed by atoms with Gasteiger partial charge in [0.25, 0.3) is 11.4 Å². The van der Waals surface area contributed by atoms with Crippen LogP contribution in [0, 0.1) is 11.6 Å². The minimum Gasteiger partial charge on any atom is -0.403 e. The number of aliphatic hydroxyl groups excluding tert-OH is 1. The quantitative estimate of drug-likeness (QED) is 0.533. The molecule has 0 spiro atoms. The summed E-state index contributed by atoms with van der Waals surface area (Å²) < 4.78 is 36.2. The van der Waals surface area contributed by atoms with Crippen LogP contribution < -0.4 is 21.7 Å². The van der Waals surface area contributed by atoms with Crippen LogP contribution in [0.15, 0.2) is 27.4 Å². The third-order valence-corrected chi connectivity index (χ3v) is 4.59. The van der Waals surface area contributed by atoms with Crippen molar-refractivity contribution in [2.45, 2.75) is 19.4 Å². The Morgan fingerprint density at radius 1 is 1.31 bits per heavy atom. The predicted molar refractivity (Wildman–Crippen MR) is 103 cm³/mol. The van der Waals surface area contributed by atoms with Crippen LogP contribution in [0.25, 0.3) is 11.5 Å². The van der Waals surface area contributed by atoms with Crippen LogP contribution in [0.1, 0.15) is 12.1 Å². The molecule has 1 aromatic carbocycles. The highest BCUT2D eigenvalue weighted by molar-refractivity contribution is 6.32. The van der Waals surface area contributed by atoms with Gasteiger partial charge in [-0.1, -0.05) is 16.6 Å². The van der Waals surface area contributed by atoms with Crippen molar-refractivity contribution < 1.29 is 18.3 Å². The minimum absolute atomic E-state index is 0.0296. The molecule has 8 nitrogen and oxygen atoms in total. The van der Waals surface area contributed by atoms with Crippen molar-refractivity contribution in [1.29, 1.82) is 0 Å². The number of nitrogens with one attached hydrogen (secondary N) is 2. The molecule has 1 aliphatic heterocycles. The number of aliphatic hydroxyl groups is 1. The molecule has 29 heavy (non-hydrogen) atoms. The zero-order chi connectivity index (χ0) is 20.5. The van der Waals surface area contributed by atoms with E-state index in [1.54, 1.807) is 0 Å². The summed E-state index contributed by atoms with van der Waals surface area (Å²) in [6.45, 7) is 0.397.